The maximum atomic E-state index is 13.8. The van der Waals surface area contributed by atoms with Gasteiger partial charge < -0.3 is 20.3 Å². The van der Waals surface area contributed by atoms with Gasteiger partial charge in [-0.05, 0) is 36.5 Å². The van der Waals surface area contributed by atoms with Crippen LogP contribution in [0.5, 0.6) is 11.5 Å². The Morgan fingerprint density at radius 1 is 1.31 bits per heavy atom. The van der Waals surface area contributed by atoms with E-state index in [1.54, 1.807) is 12.1 Å². The summed E-state index contributed by atoms with van der Waals surface area (Å²) >= 11 is 0. The van der Waals surface area contributed by atoms with Gasteiger partial charge in [0.05, 0.1) is 13.7 Å². The van der Waals surface area contributed by atoms with E-state index in [-0.39, 0.29) is 12.2 Å². The minimum atomic E-state index is -1.08. The number of fused-ring (bicyclic) bond motifs is 1. The first-order valence-electron chi connectivity index (χ1n) is 8.21. The molecule has 0 saturated heterocycles. The van der Waals surface area contributed by atoms with Crippen molar-refractivity contribution in [1.29, 1.82) is 0 Å². The van der Waals surface area contributed by atoms with Crippen LogP contribution < -0.4 is 15.2 Å². The predicted molar refractivity (Wildman–Crippen MR) is 91.5 cm³/mol. The van der Waals surface area contributed by atoms with Crippen LogP contribution in [0.25, 0.3) is 11.1 Å². The minimum absolute atomic E-state index is 0.163. The van der Waals surface area contributed by atoms with E-state index in [4.69, 9.17) is 20.3 Å². The summed E-state index contributed by atoms with van der Waals surface area (Å²) in [6.07, 6.45) is 1.63. The highest BCUT2D eigenvalue weighted by molar-refractivity contribution is 5.79. The molecule has 1 atom stereocenters. The predicted octanol–water partition coefficient (Wildman–Crippen LogP) is 2.92. The monoisotopic (exact) mass is 363 g/mol. The zero-order chi connectivity index (χ0) is 18.8. The Labute approximate surface area is 149 Å². The zero-order valence-electron chi connectivity index (χ0n) is 14.2. The van der Waals surface area contributed by atoms with Gasteiger partial charge in [0.25, 0.3) is 0 Å². The van der Waals surface area contributed by atoms with Crippen molar-refractivity contribution in [3.63, 3.8) is 0 Å². The molecule has 0 fully saturated rings. The molecule has 0 aliphatic carbocycles. The highest BCUT2D eigenvalue weighted by Gasteiger charge is 2.24. The molecule has 0 radical (unpaired) electrons. The van der Waals surface area contributed by atoms with E-state index in [9.17, 15) is 13.6 Å². The summed E-state index contributed by atoms with van der Waals surface area (Å²) in [5.74, 6) is -2.33. The van der Waals surface area contributed by atoms with E-state index in [1.165, 1.54) is 7.11 Å². The second-order valence-electron chi connectivity index (χ2n) is 6.15. The average Bonchev–Trinajstić information content (AvgIpc) is 2.64. The standard InChI is InChI=1S/C19H19F2NO4/c1-25-17-9-15(21)14(20)8-13(17)12-5-4-10(7-16(22)19(23)24)11-3-2-6-26-18(11)12/h4-5,8-9,16H,2-3,6-7,22H2,1H3,(H,23,24)/t16-/m0/s1. The third-order valence-corrected chi connectivity index (χ3v) is 4.46. The molecule has 0 unspecified atom stereocenters. The highest BCUT2D eigenvalue weighted by Crippen LogP contribution is 2.42. The van der Waals surface area contributed by atoms with Gasteiger partial charge in [-0.25, -0.2) is 8.78 Å². The number of halogens is 2. The summed E-state index contributed by atoms with van der Waals surface area (Å²) < 4.78 is 38.3. The zero-order valence-corrected chi connectivity index (χ0v) is 14.2. The van der Waals surface area contributed by atoms with Gasteiger partial charge in [-0.3, -0.25) is 4.79 Å². The minimum Gasteiger partial charge on any atom is -0.496 e. The molecule has 138 valence electrons. The molecule has 2 aromatic rings. The highest BCUT2D eigenvalue weighted by atomic mass is 19.2. The van der Waals surface area contributed by atoms with Crippen molar-refractivity contribution in [1.82, 2.24) is 0 Å². The van der Waals surface area contributed by atoms with Gasteiger partial charge in [-0.1, -0.05) is 12.1 Å². The quantitative estimate of drug-likeness (QED) is 0.854. The number of hydrogen-bond acceptors (Lipinski definition) is 4. The summed E-state index contributed by atoms with van der Waals surface area (Å²) in [6, 6.07) is 4.50. The van der Waals surface area contributed by atoms with E-state index >= 15 is 0 Å². The fourth-order valence-corrected chi connectivity index (χ4v) is 3.17. The molecule has 1 aliphatic heterocycles. The molecule has 0 saturated carbocycles. The molecular formula is C19H19F2NO4. The van der Waals surface area contributed by atoms with E-state index in [2.05, 4.69) is 0 Å². The first-order chi connectivity index (χ1) is 12.4. The second kappa shape index (κ2) is 7.29. The number of ether oxygens (including phenoxy) is 2. The molecule has 5 nitrogen and oxygen atoms in total. The molecule has 3 N–H and O–H groups in total. The topological polar surface area (TPSA) is 81.8 Å². The number of nitrogens with two attached hydrogens (primary N) is 1. The van der Waals surface area contributed by atoms with Crippen LogP contribution in [-0.2, 0) is 17.6 Å². The first-order valence-corrected chi connectivity index (χ1v) is 8.21. The van der Waals surface area contributed by atoms with Gasteiger partial charge >= 0.3 is 5.97 Å². The van der Waals surface area contributed by atoms with Gasteiger partial charge in [-0.2, -0.15) is 0 Å². The molecular weight excluding hydrogens is 344 g/mol. The number of rotatable bonds is 5. The van der Waals surface area contributed by atoms with E-state index in [1.807, 2.05) is 0 Å². The third kappa shape index (κ3) is 3.35. The van der Waals surface area contributed by atoms with Gasteiger partial charge in [-0.15, -0.1) is 0 Å². The lowest BCUT2D eigenvalue weighted by Crippen LogP contribution is -2.32. The summed E-state index contributed by atoms with van der Waals surface area (Å²) in [5.41, 5.74) is 8.23. The summed E-state index contributed by atoms with van der Waals surface area (Å²) in [6.45, 7) is 0.487. The van der Waals surface area contributed by atoms with Gasteiger partial charge in [0, 0.05) is 17.2 Å². The first kappa shape index (κ1) is 18.1. The van der Waals surface area contributed by atoms with Crippen molar-refractivity contribution < 1.29 is 28.2 Å². The molecule has 26 heavy (non-hydrogen) atoms. The molecule has 1 heterocycles. The van der Waals surface area contributed by atoms with Crippen LogP contribution >= 0.6 is 0 Å². The van der Waals surface area contributed by atoms with Gasteiger partial charge in [0.1, 0.15) is 17.5 Å². The van der Waals surface area contributed by atoms with Crippen LogP contribution in [0.1, 0.15) is 17.5 Å². The van der Waals surface area contributed by atoms with Crippen LogP contribution in [0.3, 0.4) is 0 Å². The van der Waals surface area contributed by atoms with Crippen molar-refractivity contribution >= 4 is 5.97 Å². The van der Waals surface area contributed by atoms with Crippen molar-refractivity contribution in [2.24, 2.45) is 5.73 Å². The summed E-state index contributed by atoms with van der Waals surface area (Å²) in [7, 11) is 1.38. The fourth-order valence-electron chi connectivity index (χ4n) is 3.17. The normalized spacial score (nSPS) is 14.3. The Morgan fingerprint density at radius 2 is 2.04 bits per heavy atom. The number of carboxylic acids is 1. The van der Waals surface area contributed by atoms with Crippen molar-refractivity contribution in [2.75, 3.05) is 13.7 Å². The molecule has 0 spiro atoms. The lowest BCUT2D eigenvalue weighted by molar-refractivity contribution is -0.138. The number of carbonyl (C=O) groups is 1. The number of benzene rings is 2. The molecule has 7 heteroatoms. The van der Waals surface area contributed by atoms with Gasteiger partial charge in [0.2, 0.25) is 0 Å². The molecule has 1 aliphatic rings. The number of methoxy groups -OCH3 is 1. The van der Waals surface area contributed by atoms with Crippen LogP contribution in [0.2, 0.25) is 0 Å². The second-order valence-corrected chi connectivity index (χ2v) is 6.15. The average molecular weight is 363 g/mol. The molecule has 0 aromatic heterocycles. The van der Waals surface area contributed by atoms with Crippen LogP contribution in [0, 0.1) is 11.6 Å². The summed E-state index contributed by atoms with van der Waals surface area (Å²) in [4.78, 5) is 11.1. The van der Waals surface area contributed by atoms with E-state index in [0.717, 1.165) is 29.7 Å². The lowest BCUT2D eigenvalue weighted by atomic mass is 9.90. The number of aliphatic carboxylic acids is 1. The van der Waals surface area contributed by atoms with Crippen molar-refractivity contribution in [3.8, 4) is 22.6 Å². The third-order valence-electron chi connectivity index (χ3n) is 4.46. The lowest BCUT2D eigenvalue weighted by Gasteiger charge is -2.24. The van der Waals surface area contributed by atoms with Crippen LogP contribution in [-0.4, -0.2) is 30.8 Å². The Morgan fingerprint density at radius 3 is 2.73 bits per heavy atom. The number of hydrogen-bond donors (Lipinski definition) is 2. The summed E-state index contributed by atoms with van der Waals surface area (Å²) in [5, 5.41) is 9.05. The number of carboxylic acid groups (broad SMARTS) is 1. The van der Waals surface area contributed by atoms with Gasteiger partial charge in [0.15, 0.2) is 11.6 Å². The maximum Gasteiger partial charge on any atom is 0.320 e. The van der Waals surface area contributed by atoms with Crippen molar-refractivity contribution in [2.45, 2.75) is 25.3 Å². The van der Waals surface area contributed by atoms with E-state index in [0.29, 0.717) is 29.9 Å². The van der Waals surface area contributed by atoms with E-state index < -0.39 is 23.6 Å². The molecule has 0 amide bonds. The smallest absolute Gasteiger partial charge is 0.320 e. The van der Waals surface area contributed by atoms with Crippen LogP contribution in [0.4, 0.5) is 8.78 Å². The Bertz CT molecular complexity index is 854. The maximum absolute atomic E-state index is 13.8. The fraction of sp³-hybridized carbons (Fsp3) is 0.316. The SMILES string of the molecule is COc1cc(F)c(F)cc1-c1ccc(C[C@H](N)C(=O)O)c2c1OCCC2. The Balaban J connectivity index is 2.13. The Hall–Kier alpha value is -2.67. The molecule has 2 aromatic carbocycles. The largest absolute Gasteiger partial charge is 0.496 e. The van der Waals surface area contributed by atoms with Crippen molar-refractivity contribution in [3.05, 3.63) is 47.0 Å². The molecule has 3 rings (SSSR count). The molecule has 0 bridgehead atoms. The van der Waals surface area contributed by atoms with Crippen LogP contribution in [0.15, 0.2) is 24.3 Å². The Kier molecular flexibility index (Phi) is 5.08.